The Balaban J connectivity index is -0.000000594. The molecular weight excluding hydrogens is 843 g/mol. The Labute approximate surface area is 305 Å². The second kappa shape index (κ2) is 33.9. The van der Waals surface area contributed by atoms with Gasteiger partial charge in [0.15, 0.2) is 0 Å². The van der Waals surface area contributed by atoms with Gasteiger partial charge in [-0.2, -0.15) is 0 Å². The number of unbranched alkanes of at least 4 members (excludes halogenated alkanes) is 8. The molecule has 271 valence electrons. The quantitative estimate of drug-likeness (QED) is 0.0469. The molecule has 0 aliphatic carbocycles. The standard InChI is InChI=1S/2C16H36N.3CBrO.Pd/c2*1-5-9-13-17(14-10-6-2,15-11-7-3)16-12-8-4;3*2-1-3;/h2*5-16H2,1-4H3;;;;/q2*+1;;;;-2. The normalized spacial score (nSPS) is 11.7. The molecule has 0 spiro atoms. The van der Waals surface area contributed by atoms with Gasteiger partial charge in [0, 0.05) is 0 Å². The molecular formula is C35H72Br3N2O3Pd. The van der Waals surface area contributed by atoms with Gasteiger partial charge in [-0.15, -0.1) is 0 Å². The van der Waals surface area contributed by atoms with Gasteiger partial charge in [0.05, 0.1) is 52.4 Å². The molecule has 9 heteroatoms. The summed E-state index contributed by atoms with van der Waals surface area (Å²) in [5.41, 5.74) is 0. The monoisotopic (exact) mass is 911 g/mol. The second-order valence-electron chi connectivity index (χ2n) is 12.1. The van der Waals surface area contributed by atoms with Crippen LogP contribution in [-0.4, -0.2) is 70.8 Å². The van der Waals surface area contributed by atoms with E-state index in [2.05, 4.69) is 103 Å². The Morgan fingerprint density at radius 1 is 0.364 bits per heavy atom. The van der Waals surface area contributed by atoms with E-state index in [-0.39, 0.29) is 0 Å². The van der Waals surface area contributed by atoms with Crippen molar-refractivity contribution in [2.24, 2.45) is 0 Å². The van der Waals surface area contributed by atoms with Crippen LogP contribution in [0.15, 0.2) is 0 Å². The Morgan fingerprint density at radius 2 is 0.500 bits per heavy atom. The summed E-state index contributed by atoms with van der Waals surface area (Å²) in [7, 11) is 0. The molecule has 5 nitrogen and oxygen atoms in total. The molecule has 0 unspecified atom stereocenters. The van der Waals surface area contributed by atoms with Crippen LogP contribution in [0.5, 0.6) is 0 Å². The minimum absolute atomic E-state index is 0.540. The fourth-order valence-electron chi connectivity index (χ4n) is 5.44. The first-order chi connectivity index (χ1) is 20.9. The molecule has 0 fully saturated rings. The second-order valence-corrected chi connectivity index (χ2v) is 20.6. The van der Waals surface area contributed by atoms with Gasteiger partial charge in [0.25, 0.3) is 0 Å². The van der Waals surface area contributed by atoms with Crippen LogP contribution >= 0.6 is 47.8 Å². The Hall–Kier alpha value is 1.03. The summed E-state index contributed by atoms with van der Waals surface area (Å²) in [6, 6.07) is 0. The number of quaternary nitrogens is 2. The van der Waals surface area contributed by atoms with Crippen LogP contribution in [0, 0.1) is 0 Å². The molecule has 0 aliphatic heterocycles. The van der Waals surface area contributed by atoms with Crippen LogP contribution in [-0.2, 0) is 16.8 Å². The molecule has 0 saturated carbocycles. The fourth-order valence-corrected chi connectivity index (χ4v) is 13.2. The van der Waals surface area contributed by atoms with E-state index in [1.54, 1.807) is 0 Å². The average Bonchev–Trinajstić information content (AvgIpc) is 2.99. The van der Waals surface area contributed by atoms with E-state index in [4.69, 9.17) is 0 Å². The first-order valence-electron chi connectivity index (χ1n) is 17.8. The zero-order valence-corrected chi connectivity index (χ0v) is 36.4. The van der Waals surface area contributed by atoms with Gasteiger partial charge in [-0.25, -0.2) is 0 Å². The van der Waals surface area contributed by atoms with Crippen molar-refractivity contribution < 1.29 is 40.1 Å². The van der Waals surface area contributed by atoms with Crippen LogP contribution in [0.4, 0.5) is 14.4 Å². The number of nitrogens with zero attached hydrogens (tertiary/aromatic N) is 2. The van der Waals surface area contributed by atoms with Gasteiger partial charge in [-0.05, 0) is 51.4 Å². The van der Waals surface area contributed by atoms with Gasteiger partial charge in [-0.3, -0.25) is 0 Å². The van der Waals surface area contributed by atoms with Crippen molar-refractivity contribution in [3.8, 4) is 0 Å². The van der Waals surface area contributed by atoms with E-state index in [9.17, 15) is 14.4 Å². The van der Waals surface area contributed by atoms with Crippen LogP contribution in [0.3, 0.4) is 0 Å². The van der Waals surface area contributed by atoms with Crippen molar-refractivity contribution in [2.75, 3.05) is 52.4 Å². The molecule has 0 rings (SSSR count). The van der Waals surface area contributed by atoms with E-state index in [1.807, 2.05) is 0 Å². The molecule has 0 aromatic carbocycles. The molecule has 44 heavy (non-hydrogen) atoms. The first-order valence-corrected chi connectivity index (χ1v) is 22.6. The van der Waals surface area contributed by atoms with Crippen molar-refractivity contribution in [1.29, 1.82) is 0 Å². The molecule has 0 atom stereocenters. The summed E-state index contributed by atoms with van der Waals surface area (Å²) in [6.07, 6.45) is 22.1. The van der Waals surface area contributed by atoms with Gasteiger partial charge < -0.3 is 8.97 Å². The van der Waals surface area contributed by atoms with Gasteiger partial charge >= 0.3 is 88.4 Å². The SMILES string of the molecule is CCCC[N+](CCCC)(CCCC)CCCC.CCCC[N+](CCCC)(CCCC)CCCC.O=[C](Br)[Pd-2]([C](=O)Br)[C](=O)Br. The third-order valence-electron chi connectivity index (χ3n) is 8.26. The topological polar surface area (TPSA) is 51.2 Å². The van der Waals surface area contributed by atoms with E-state index in [0.717, 1.165) is 0 Å². The molecule has 0 aromatic heterocycles. The van der Waals surface area contributed by atoms with Crippen LogP contribution in [0.1, 0.15) is 158 Å². The van der Waals surface area contributed by atoms with Crippen molar-refractivity contribution in [2.45, 2.75) is 158 Å². The predicted molar refractivity (Wildman–Crippen MR) is 202 cm³/mol. The van der Waals surface area contributed by atoms with Crippen molar-refractivity contribution in [1.82, 2.24) is 0 Å². The van der Waals surface area contributed by atoms with Gasteiger partial charge in [0.1, 0.15) is 0 Å². The molecule has 0 radical (unpaired) electrons. The van der Waals surface area contributed by atoms with E-state index in [0.29, 0.717) is 0 Å². The zero-order valence-electron chi connectivity index (χ0n) is 30.0. The van der Waals surface area contributed by atoms with E-state index >= 15 is 0 Å². The third kappa shape index (κ3) is 27.0. The fraction of sp³-hybridized carbons (Fsp3) is 0.914. The number of carbonyl (C=O) groups is 3. The van der Waals surface area contributed by atoms with Crippen LogP contribution in [0.2, 0.25) is 0 Å². The Kier molecular flexibility index (Phi) is 38.1. The van der Waals surface area contributed by atoms with Crippen LogP contribution < -0.4 is 0 Å². The first kappa shape index (κ1) is 49.4. The van der Waals surface area contributed by atoms with Crippen molar-refractivity contribution in [3.05, 3.63) is 0 Å². The van der Waals surface area contributed by atoms with E-state index in [1.165, 1.54) is 164 Å². The Bertz CT molecular complexity index is 554. The van der Waals surface area contributed by atoms with Gasteiger partial charge in [0.2, 0.25) is 0 Å². The van der Waals surface area contributed by atoms with Crippen molar-refractivity contribution in [3.63, 3.8) is 0 Å². The number of hydrogen-bond acceptors (Lipinski definition) is 3. The number of hydrogen-bond donors (Lipinski definition) is 0. The number of halogens is 3. The zero-order chi connectivity index (χ0) is 34.3. The summed E-state index contributed by atoms with van der Waals surface area (Å²) >= 11 is 5.25. The molecule has 0 aromatic rings. The van der Waals surface area contributed by atoms with Gasteiger partial charge in [-0.1, -0.05) is 107 Å². The van der Waals surface area contributed by atoms with Crippen molar-refractivity contribution >= 4 is 57.3 Å². The maximum atomic E-state index is 10.5. The summed E-state index contributed by atoms with van der Waals surface area (Å²) in [5.74, 6) is 0. The summed E-state index contributed by atoms with van der Waals surface area (Å²) in [5, 5.41) is 0. The molecule has 0 saturated heterocycles. The predicted octanol–water partition coefficient (Wildman–Crippen LogP) is 13.2. The summed E-state index contributed by atoms with van der Waals surface area (Å²) in [4.78, 5) is 31.5. The molecule has 0 amide bonds. The number of rotatable bonds is 27. The van der Waals surface area contributed by atoms with E-state index < -0.39 is 26.3 Å². The average molecular weight is 915 g/mol. The third-order valence-corrected chi connectivity index (χ3v) is 14.5. The molecule has 0 bridgehead atoms. The number of carbonyl (C=O) groups excluding carboxylic acids is 3. The minimum atomic E-state index is -2.41. The Morgan fingerprint density at radius 3 is 0.568 bits per heavy atom. The van der Waals surface area contributed by atoms with Crippen LogP contribution in [0.25, 0.3) is 0 Å². The maximum absolute atomic E-state index is 10.5. The molecule has 0 aliphatic rings. The molecule has 0 heterocycles. The summed E-state index contributed by atoms with van der Waals surface area (Å²) in [6.45, 7) is 30.0. The summed E-state index contributed by atoms with van der Waals surface area (Å²) < 4.78 is 1.22. The molecule has 0 N–H and O–H groups in total.